The summed E-state index contributed by atoms with van der Waals surface area (Å²) in [4.78, 5) is 35.0. The van der Waals surface area contributed by atoms with Gasteiger partial charge in [0.2, 0.25) is 11.9 Å². The van der Waals surface area contributed by atoms with Gasteiger partial charge >= 0.3 is 6.09 Å². The average molecular weight is 463 g/mol. The van der Waals surface area contributed by atoms with Crippen LogP contribution in [0.25, 0.3) is 5.65 Å². The molecule has 5 heterocycles. The minimum absolute atomic E-state index is 0.0164. The number of hydrogen-bond acceptors (Lipinski definition) is 8. The lowest BCUT2D eigenvalue weighted by Gasteiger charge is -2.37. The fourth-order valence-electron chi connectivity index (χ4n) is 5.12. The molecule has 2 amide bonds. The molecule has 1 aromatic carbocycles. The third-order valence-corrected chi connectivity index (χ3v) is 6.96. The smallest absolute Gasteiger partial charge is 0.407 e. The Morgan fingerprint density at radius 1 is 1.18 bits per heavy atom. The van der Waals surface area contributed by atoms with Gasteiger partial charge in [-0.05, 0) is 17.7 Å². The Balaban J connectivity index is 1.24. The van der Waals surface area contributed by atoms with Crippen molar-refractivity contribution in [3.63, 3.8) is 0 Å². The minimum Gasteiger partial charge on any atom is -0.441 e. The van der Waals surface area contributed by atoms with Crippen molar-refractivity contribution in [2.45, 2.75) is 44.1 Å². The van der Waals surface area contributed by atoms with Gasteiger partial charge in [-0.15, -0.1) is 5.10 Å². The molecule has 0 aliphatic carbocycles. The second-order valence-electron chi connectivity index (χ2n) is 9.86. The number of nitrogens with one attached hydrogen (secondary N) is 3. The molecule has 11 heteroatoms. The number of hydrogen-bond donors (Lipinski definition) is 3. The van der Waals surface area contributed by atoms with E-state index in [1.807, 2.05) is 18.2 Å². The summed E-state index contributed by atoms with van der Waals surface area (Å²) in [5, 5.41) is 13.5. The summed E-state index contributed by atoms with van der Waals surface area (Å²) in [5.41, 5.74) is 2.72. The SMILES string of the molecule is CC1(C)CC(=O)Nc2cc(Nc3nc4c(N5CCC6(CC5)CNC(=O)O6)nccn4n3)ccc21. The highest BCUT2D eigenvalue weighted by Gasteiger charge is 2.43. The summed E-state index contributed by atoms with van der Waals surface area (Å²) < 4.78 is 7.23. The molecule has 3 aliphatic heterocycles. The molecule has 0 unspecified atom stereocenters. The van der Waals surface area contributed by atoms with Crippen molar-refractivity contribution in [3.05, 3.63) is 36.2 Å². The number of carbonyl (C=O) groups excluding carboxylic acids is 2. The Bertz CT molecular complexity index is 1310. The van der Waals surface area contributed by atoms with Crippen molar-refractivity contribution >= 4 is 40.8 Å². The second kappa shape index (κ2) is 7.31. The lowest BCUT2D eigenvalue weighted by Crippen LogP contribution is -2.47. The highest BCUT2D eigenvalue weighted by Crippen LogP contribution is 2.39. The van der Waals surface area contributed by atoms with Gasteiger partial charge in [0.1, 0.15) is 5.60 Å². The fourth-order valence-corrected chi connectivity index (χ4v) is 5.12. The van der Waals surface area contributed by atoms with Gasteiger partial charge in [-0.3, -0.25) is 4.79 Å². The van der Waals surface area contributed by atoms with Crippen LogP contribution < -0.4 is 20.9 Å². The Morgan fingerprint density at radius 3 is 2.76 bits per heavy atom. The standard InChI is InChI=1S/C23H26N8O3/c1-22(2)12-17(32)27-16-11-14(3-4-15(16)22)26-20-28-19-18(24-7-10-31(19)29-20)30-8-5-23(6-9-30)13-25-21(33)34-23/h3-4,7,10-11H,5-6,8-9,12-13H2,1-2H3,(H,25,33)(H,26,29)(H,27,32). The molecular formula is C23H26N8O3. The monoisotopic (exact) mass is 462 g/mol. The largest absolute Gasteiger partial charge is 0.441 e. The molecule has 1 spiro atoms. The highest BCUT2D eigenvalue weighted by atomic mass is 16.6. The van der Waals surface area contributed by atoms with Crippen LogP contribution in [0.5, 0.6) is 0 Å². The van der Waals surface area contributed by atoms with Crippen molar-refractivity contribution in [1.29, 1.82) is 0 Å². The van der Waals surface area contributed by atoms with Gasteiger partial charge in [-0.25, -0.2) is 14.3 Å². The molecule has 2 fully saturated rings. The third kappa shape index (κ3) is 3.47. The van der Waals surface area contributed by atoms with Gasteiger partial charge < -0.3 is 25.6 Å². The molecule has 0 atom stereocenters. The first-order valence-corrected chi connectivity index (χ1v) is 11.4. The van der Waals surface area contributed by atoms with Crippen molar-refractivity contribution in [3.8, 4) is 0 Å². The van der Waals surface area contributed by atoms with Crippen LogP contribution in [0.1, 0.15) is 38.7 Å². The number of amides is 2. The van der Waals surface area contributed by atoms with E-state index in [1.54, 1.807) is 16.9 Å². The lowest BCUT2D eigenvalue weighted by molar-refractivity contribution is -0.117. The van der Waals surface area contributed by atoms with Crippen LogP contribution in [-0.2, 0) is 14.9 Å². The van der Waals surface area contributed by atoms with Gasteiger partial charge in [0.25, 0.3) is 0 Å². The van der Waals surface area contributed by atoms with Crippen molar-refractivity contribution in [2.24, 2.45) is 0 Å². The first kappa shape index (κ1) is 20.7. The van der Waals surface area contributed by atoms with E-state index in [-0.39, 0.29) is 17.4 Å². The number of fused-ring (bicyclic) bond motifs is 2. The highest BCUT2D eigenvalue weighted by molar-refractivity contribution is 5.96. The number of piperidine rings is 1. The summed E-state index contributed by atoms with van der Waals surface area (Å²) in [5.74, 6) is 1.20. The summed E-state index contributed by atoms with van der Waals surface area (Å²) in [6, 6.07) is 5.93. The minimum atomic E-state index is -0.421. The summed E-state index contributed by atoms with van der Waals surface area (Å²) in [6.45, 7) is 6.11. The van der Waals surface area contributed by atoms with E-state index in [2.05, 4.69) is 44.8 Å². The molecule has 11 nitrogen and oxygen atoms in total. The van der Waals surface area contributed by atoms with Crippen molar-refractivity contribution < 1.29 is 14.3 Å². The number of carbonyl (C=O) groups is 2. The van der Waals surface area contributed by atoms with Crippen LogP contribution in [0, 0.1) is 0 Å². The summed E-state index contributed by atoms with van der Waals surface area (Å²) in [7, 11) is 0. The van der Waals surface area contributed by atoms with Gasteiger partial charge in [0.05, 0.1) is 6.54 Å². The molecule has 3 aliphatic rings. The number of alkyl carbamates (subject to hydrolysis) is 1. The first-order valence-electron chi connectivity index (χ1n) is 11.4. The predicted molar refractivity (Wildman–Crippen MR) is 125 cm³/mol. The van der Waals surface area contributed by atoms with E-state index in [0.29, 0.717) is 37.7 Å². The maximum absolute atomic E-state index is 12.1. The molecule has 0 radical (unpaired) electrons. The molecular weight excluding hydrogens is 436 g/mol. The third-order valence-electron chi connectivity index (χ3n) is 6.96. The van der Waals surface area contributed by atoms with Crippen LogP contribution >= 0.6 is 0 Å². The number of ether oxygens (including phenoxy) is 1. The van der Waals surface area contributed by atoms with Crippen molar-refractivity contribution in [1.82, 2.24) is 24.9 Å². The molecule has 34 heavy (non-hydrogen) atoms. The molecule has 0 saturated carbocycles. The molecule has 176 valence electrons. The van der Waals surface area contributed by atoms with Gasteiger partial charge in [0.15, 0.2) is 11.5 Å². The van der Waals surface area contributed by atoms with Crippen LogP contribution in [-0.4, -0.2) is 56.8 Å². The van der Waals surface area contributed by atoms with E-state index in [4.69, 9.17) is 9.72 Å². The Kier molecular flexibility index (Phi) is 4.45. The van der Waals surface area contributed by atoms with E-state index in [0.717, 1.165) is 35.6 Å². The topological polar surface area (TPSA) is 126 Å². The molecule has 6 rings (SSSR count). The maximum atomic E-state index is 12.1. The Hall–Kier alpha value is -3.89. The molecule has 3 N–H and O–H groups in total. The van der Waals surface area contributed by atoms with Gasteiger partial charge in [-0.1, -0.05) is 19.9 Å². The molecule has 3 aromatic rings. The average Bonchev–Trinajstić information content (AvgIpc) is 3.36. The van der Waals surface area contributed by atoms with Gasteiger partial charge in [0, 0.05) is 61.5 Å². The number of rotatable bonds is 3. The van der Waals surface area contributed by atoms with Crippen LogP contribution in [0.2, 0.25) is 0 Å². The number of anilines is 4. The molecule has 2 aromatic heterocycles. The Labute approximate surface area is 195 Å². The van der Waals surface area contributed by atoms with Crippen LogP contribution in [0.3, 0.4) is 0 Å². The summed E-state index contributed by atoms with van der Waals surface area (Å²) >= 11 is 0. The second-order valence-corrected chi connectivity index (χ2v) is 9.86. The van der Waals surface area contributed by atoms with Crippen LogP contribution in [0.15, 0.2) is 30.6 Å². The zero-order chi connectivity index (χ0) is 23.5. The summed E-state index contributed by atoms with van der Waals surface area (Å²) in [6.07, 6.45) is 5.05. The van der Waals surface area contributed by atoms with Crippen molar-refractivity contribution in [2.75, 3.05) is 35.2 Å². The quantitative estimate of drug-likeness (QED) is 0.542. The normalized spacial score (nSPS) is 20.6. The Morgan fingerprint density at radius 2 is 2.00 bits per heavy atom. The molecule has 0 bridgehead atoms. The predicted octanol–water partition coefficient (Wildman–Crippen LogP) is 2.57. The number of benzene rings is 1. The zero-order valence-electron chi connectivity index (χ0n) is 19.1. The molecule has 2 saturated heterocycles. The number of aromatic nitrogens is 4. The van der Waals surface area contributed by atoms with E-state index < -0.39 is 5.60 Å². The first-order chi connectivity index (χ1) is 16.3. The fraction of sp³-hybridized carbons (Fsp3) is 0.435. The number of nitrogens with zero attached hydrogens (tertiary/aromatic N) is 5. The maximum Gasteiger partial charge on any atom is 0.407 e. The van der Waals surface area contributed by atoms with E-state index >= 15 is 0 Å². The van der Waals surface area contributed by atoms with Gasteiger partial charge in [-0.2, -0.15) is 4.98 Å². The zero-order valence-corrected chi connectivity index (χ0v) is 19.1. The van der Waals surface area contributed by atoms with Crippen LogP contribution in [0.4, 0.5) is 27.9 Å². The van der Waals surface area contributed by atoms with E-state index in [1.165, 1.54) is 0 Å². The lowest BCUT2D eigenvalue weighted by atomic mass is 9.78. The van der Waals surface area contributed by atoms with E-state index in [9.17, 15) is 9.59 Å².